The van der Waals surface area contributed by atoms with Gasteiger partial charge in [-0.05, 0) is 36.4 Å². The minimum Gasteiger partial charge on any atom is -0.491 e. The van der Waals surface area contributed by atoms with Crippen LogP contribution in [0.4, 0.5) is 0 Å². The van der Waals surface area contributed by atoms with Crippen LogP contribution < -0.4 is 4.74 Å². The summed E-state index contributed by atoms with van der Waals surface area (Å²) in [4.78, 5) is 1.21. The summed E-state index contributed by atoms with van der Waals surface area (Å²) in [7, 11) is 0. The van der Waals surface area contributed by atoms with Crippen molar-refractivity contribution in [3.63, 3.8) is 0 Å². The van der Waals surface area contributed by atoms with Crippen molar-refractivity contribution in [2.45, 2.75) is 15.8 Å². The molecule has 1 heterocycles. The fourth-order valence-corrected chi connectivity index (χ4v) is 4.64. The van der Waals surface area contributed by atoms with Crippen molar-refractivity contribution in [1.82, 2.24) is 14.8 Å². The monoisotopic (exact) mass is 453 g/mol. The average molecular weight is 454 g/mol. The zero-order valence-electron chi connectivity index (χ0n) is 16.1. The van der Waals surface area contributed by atoms with Crippen LogP contribution in [-0.4, -0.2) is 27.1 Å². The third-order valence-corrected chi connectivity index (χ3v) is 6.45. The number of hydrogen-bond donors (Lipinski definition) is 0. The van der Waals surface area contributed by atoms with Crippen molar-refractivity contribution in [1.29, 1.82) is 0 Å². The van der Waals surface area contributed by atoms with Crippen LogP contribution in [0.15, 0.2) is 95.0 Å². The van der Waals surface area contributed by atoms with Gasteiger partial charge in [0.15, 0.2) is 5.16 Å². The summed E-state index contributed by atoms with van der Waals surface area (Å²) in [6, 6.07) is 28.0. The molecule has 0 atom stereocenters. The Morgan fingerprint density at radius 2 is 1.50 bits per heavy atom. The fourth-order valence-electron chi connectivity index (χ4n) is 2.83. The number of hydrogen-bond acceptors (Lipinski definition) is 5. The van der Waals surface area contributed by atoms with E-state index in [1.165, 1.54) is 4.90 Å². The first kappa shape index (κ1) is 20.8. The smallest absolute Gasteiger partial charge is 0.195 e. The lowest BCUT2D eigenvalue weighted by Crippen LogP contribution is -2.04. The topological polar surface area (TPSA) is 39.9 Å². The molecular formula is C23H20ClN3OS2. The maximum Gasteiger partial charge on any atom is 0.195 e. The molecule has 0 spiro atoms. The van der Waals surface area contributed by atoms with E-state index in [0.29, 0.717) is 17.4 Å². The molecule has 30 heavy (non-hydrogen) atoms. The highest BCUT2D eigenvalue weighted by atomic mass is 35.5. The zero-order chi connectivity index (χ0) is 20.6. The van der Waals surface area contributed by atoms with Gasteiger partial charge >= 0.3 is 0 Å². The third kappa shape index (κ3) is 5.39. The number of nitrogens with zero attached hydrogens (tertiary/aromatic N) is 3. The van der Waals surface area contributed by atoms with Crippen molar-refractivity contribution < 1.29 is 4.74 Å². The normalized spacial score (nSPS) is 10.8. The maximum absolute atomic E-state index is 6.15. The number of benzene rings is 3. The molecule has 0 saturated heterocycles. The first-order valence-corrected chi connectivity index (χ1v) is 11.8. The molecule has 4 nitrogen and oxygen atoms in total. The molecule has 0 unspecified atom stereocenters. The molecule has 0 amide bonds. The summed E-state index contributed by atoms with van der Waals surface area (Å²) >= 11 is 9.53. The standard InChI is InChI=1S/C23H20ClN3OS2/c24-20-13-7-8-14-21(20)28-15-16-29-23-26-25-22(17-30-19-11-5-2-6-12-19)27(23)18-9-3-1-4-10-18/h1-14H,15-17H2. The van der Waals surface area contributed by atoms with E-state index >= 15 is 0 Å². The molecule has 0 aliphatic rings. The Bertz CT molecular complexity index is 1070. The van der Waals surface area contributed by atoms with Gasteiger partial charge in [-0.15, -0.1) is 22.0 Å². The Morgan fingerprint density at radius 3 is 2.27 bits per heavy atom. The van der Waals surface area contributed by atoms with Gasteiger partial charge in [0.25, 0.3) is 0 Å². The molecule has 3 aromatic carbocycles. The number of aromatic nitrogens is 3. The minimum atomic E-state index is 0.532. The van der Waals surface area contributed by atoms with E-state index < -0.39 is 0 Å². The van der Waals surface area contributed by atoms with E-state index in [1.54, 1.807) is 23.5 Å². The number of halogens is 1. The molecule has 4 rings (SSSR count). The zero-order valence-corrected chi connectivity index (χ0v) is 18.5. The molecule has 0 bridgehead atoms. The van der Waals surface area contributed by atoms with Crippen LogP contribution in [0, 0.1) is 0 Å². The Labute approximate surface area is 189 Å². The first-order chi connectivity index (χ1) is 14.8. The molecule has 0 fully saturated rings. The van der Waals surface area contributed by atoms with Crippen LogP contribution in [0.3, 0.4) is 0 Å². The first-order valence-electron chi connectivity index (χ1n) is 9.49. The van der Waals surface area contributed by atoms with Crippen LogP contribution in [0.5, 0.6) is 5.75 Å². The molecule has 0 aliphatic carbocycles. The summed E-state index contributed by atoms with van der Waals surface area (Å²) in [6.07, 6.45) is 0. The van der Waals surface area contributed by atoms with E-state index in [4.69, 9.17) is 16.3 Å². The van der Waals surface area contributed by atoms with Crippen molar-refractivity contribution in [3.8, 4) is 11.4 Å². The predicted octanol–water partition coefficient (Wildman–Crippen LogP) is 6.38. The average Bonchev–Trinajstić information content (AvgIpc) is 3.20. The Kier molecular flexibility index (Phi) is 7.34. The lowest BCUT2D eigenvalue weighted by molar-refractivity contribution is 0.344. The molecule has 152 valence electrons. The van der Waals surface area contributed by atoms with Crippen molar-refractivity contribution in [3.05, 3.63) is 95.8 Å². The van der Waals surface area contributed by atoms with E-state index in [2.05, 4.69) is 39.0 Å². The predicted molar refractivity (Wildman–Crippen MR) is 125 cm³/mol. The van der Waals surface area contributed by atoms with Gasteiger partial charge in [-0.25, -0.2) is 0 Å². The second-order valence-corrected chi connectivity index (χ2v) is 8.82. The van der Waals surface area contributed by atoms with Gasteiger partial charge in [0.1, 0.15) is 11.6 Å². The summed E-state index contributed by atoms with van der Waals surface area (Å²) in [5.41, 5.74) is 1.06. The number of thioether (sulfide) groups is 2. The molecule has 0 aliphatic heterocycles. The second-order valence-electron chi connectivity index (χ2n) is 6.30. The molecule has 7 heteroatoms. The summed E-state index contributed by atoms with van der Waals surface area (Å²) in [5.74, 6) is 3.10. The van der Waals surface area contributed by atoms with Crippen LogP contribution in [0.25, 0.3) is 5.69 Å². The van der Waals surface area contributed by atoms with Gasteiger partial charge in [-0.3, -0.25) is 4.57 Å². The van der Waals surface area contributed by atoms with Gasteiger partial charge in [0.05, 0.1) is 17.4 Å². The molecule has 0 radical (unpaired) electrons. The van der Waals surface area contributed by atoms with Crippen molar-refractivity contribution in [2.24, 2.45) is 0 Å². The van der Waals surface area contributed by atoms with Crippen LogP contribution in [0.1, 0.15) is 5.82 Å². The molecule has 0 N–H and O–H groups in total. The maximum atomic E-state index is 6.15. The van der Waals surface area contributed by atoms with Gasteiger partial charge in [-0.2, -0.15) is 0 Å². The highest BCUT2D eigenvalue weighted by molar-refractivity contribution is 7.99. The molecule has 1 aromatic heterocycles. The van der Waals surface area contributed by atoms with E-state index in [1.807, 2.05) is 60.7 Å². The second kappa shape index (κ2) is 10.6. The summed E-state index contributed by atoms with van der Waals surface area (Å²) < 4.78 is 7.92. The summed E-state index contributed by atoms with van der Waals surface area (Å²) in [5, 5.41) is 10.4. The van der Waals surface area contributed by atoms with Crippen LogP contribution in [-0.2, 0) is 5.75 Å². The van der Waals surface area contributed by atoms with E-state index in [0.717, 1.165) is 28.2 Å². The molecule has 4 aromatic rings. The highest BCUT2D eigenvalue weighted by Gasteiger charge is 2.15. The van der Waals surface area contributed by atoms with Crippen LogP contribution in [0.2, 0.25) is 5.02 Å². The Morgan fingerprint density at radius 1 is 0.800 bits per heavy atom. The third-order valence-electron chi connectivity index (χ3n) is 4.23. The minimum absolute atomic E-state index is 0.532. The van der Waals surface area contributed by atoms with E-state index in [-0.39, 0.29) is 0 Å². The van der Waals surface area contributed by atoms with Gasteiger partial charge < -0.3 is 4.74 Å². The van der Waals surface area contributed by atoms with Gasteiger partial charge in [0.2, 0.25) is 0 Å². The lowest BCUT2D eigenvalue weighted by atomic mass is 10.3. The largest absolute Gasteiger partial charge is 0.491 e. The van der Waals surface area contributed by atoms with E-state index in [9.17, 15) is 0 Å². The fraction of sp³-hybridized carbons (Fsp3) is 0.130. The number of ether oxygens (including phenoxy) is 1. The van der Waals surface area contributed by atoms with Crippen molar-refractivity contribution in [2.75, 3.05) is 12.4 Å². The van der Waals surface area contributed by atoms with Gasteiger partial charge in [0, 0.05) is 16.3 Å². The van der Waals surface area contributed by atoms with Gasteiger partial charge in [-0.1, -0.05) is 71.9 Å². The lowest BCUT2D eigenvalue weighted by Gasteiger charge is -2.11. The number of rotatable bonds is 9. The van der Waals surface area contributed by atoms with Crippen molar-refractivity contribution >= 4 is 35.1 Å². The SMILES string of the molecule is Clc1ccccc1OCCSc1nnc(CSc2ccccc2)n1-c1ccccc1. The quantitative estimate of drug-likeness (QED) is 0.217. The van der Waals surface area contributed by atoms with Crippen LogP contribution >= 0.6 is 35.1 Å². The number of para-hydroxylation sites is 2. The summed E-state index contributed by atoms with van der Waals surface area (Å²) in [6.45, 7) is 0.532. The highest BCUT2D eigenvalue weighted by Crippen LogP contribution is 2.28. The molecule has 0 saturated carbocycles. The Balaban J connectivity index is 1.45. The Hall–Kier alpha value is -2.41. The molecular weight excluding hydrogens is 434 g/mol.